The van der Waals surface area contributed by atoms with Crippen LogP contribution in [-0.2, 0) is 0 Å². The Morgan fingerprint density at radius 3 is 2.31 bits per heavy atom. The van der Waals surface area contributed by atoms with Gasteiger partial charge in [0.15, 0.2) is 11.6 Å². The topological polar surface area (TPSA) is 9.23 Å². The lowest BCUT2D eigenvalue weighted by molar-refractivity contribution is -0.275. The van der Waals surface area contributed by atoms with E-state index in [-0.39, 0.29) is 11.1 Å². The van der Waals surface area contributed by atoms with Crippen LogP contribution in [0.3, 0.4) is 0 Å². The highest BCUT2D eigenvalue weighted by Gasteiger charge is 2.36. The predicted octanol–water partition coefficient (Wildman–Crippen LogP) is 8.63. The van der Waals surface area contributed by atoms with Gasteiger partial charge in [-0.3, -0.25) is 0 Å². The highest BCUT2D eigenvalue weighted by molar-refractivity contribution is 5.65. The van der Waals surface area contributed by atoms with Crippen molar-refractivity contribution in [2.75, 3.05) is 0 Å². The van der Waals surface area contributed by atoms with E-state index in [1.807, 2.05) is 6.07 Å². The molecule has 4 rings (SSSR count). The van der Waals surface area contributed by atoms with E-state index in [9.17, 15) is 22.0 Å². The standard InChI is InChI=1S/C26H29F5O/c1-2-3-16-4-5-18-13-19(7-6-17(18)12-16)20-8-10-22(23(27)14-20)21-9-11-25(24(28)15-21)32-26(29,30)31/h8-11,14-19H,2-7,12-13H2,1H3. The molecule has 4 unspecified atom stereocenters. The third-order valence-corrected chi connectivity index (χ3v) is 7.35. The Hall–Kier alpha value is -2.11. The minimum Gasteiger partial charge on any atom is -0.403 e. The van der Waals surface area contributed by atoms with Gasteiger partial charge >= 0.3 is 6.36 Å². The number of rotatable bonds is 5. The van der Waals surface area contributed by atoms with Crippen molar-refractivity contribution >= 4 is 0 Å². The van der Waals surface area contributed by atoms with Crippen molar-refractivity contribution in [1.29, 1.82) is 0 Å². The van der Waals surface area contributed by atoms with Crippen LogP contribution in [0.1, 0.15) is 69.8 Å². The zero-order chi connectivity index (χ0) is 22.9. The summed E-state index contributed by atoms with van der Waals surface area (Å²) in [7, 11) is 0. The largest absolute Gasteiger partial charge is 0.573 e. The Morgan fingerprint density at radius 1 is 0.875 bits per heavy atom. The van der Waals surface area contributed by atoms with Crippen LogP contribution in [0.4, 0.5) is 22.0 Å². The van der Waals surface area contributed by atoms with E-state index in [2.05, 4.69) is 11.7 Å². The first-order valence-electron chi connectivity index (χ1n) is 11.6. The van der Waals surface area contributed by atoms with Gasteiger partial charge in [-0.1, -0.05) is 44.4 Å². The van der Waals surface area contributed by atoms with Crippen molar-refractivity contribution in [1.82, 2.24) is 0 Å². The fourth-order valence-electron chi connectivity index (χ4n) is 5.85. The number of alkyl halides is 3. The van der Waals surface area contributed by atoms with Gasteiger partial charge in [-0.15, -0.1) is 13.2 Å². The summed E-state index contributed by atoms with van der Waals surface area (Å²) in [6.45, 7) is 2.25. The van der Waals surface area contributed by atoms with Gasteiger partial charge in [-0.25, -0.2) is 8.78 Å². The van der Waals surface area contributed by atoms with Gasteiger partial charge < -0.3 is 4.74 Å². The van der Waals surface area contributed by atoms with E-state index < -0.39 is 23.7 Å². The monoisotopic (exact) mass is 452 g/mol. The first-order valence-corrected chi connectivity index (χ1v) is 11.6. The summed E-state index contributed by atoms with van der Waals surface area (Å²) in [5.41, 5.74) is 1.30. The van der Waals surface area contributed by atoms with Gasteiger partial charge in [-0.2, -0.15) is 0 Å². The van der Waals surface area contributed by atoms with Crippen molar-refractivity contribution in [2.45, 2.75) is 70.6 Å². The van der Waals surface area contributed by atoms with Gasteiger partial charge in [0, 0.05) is 5.56 Å². The van der Waals surface area contributed by atoms with Gasteiger partial charge in [0.2, 0.25) is 0 Å². The Kier molecular flexibility index (Phi) is 6.78. The smallest absolute Gasteiger partial charge is 0.403 e. The zero-order valence-corrected chi connectivity index (χ0v) is 18.2. The SMILES string of the molecule is CCCC1CCC2CC(c3ccc(-c4ccc(OC(F)(F)F)c(F)c4)c(F)c3)CCC2C1. The molecule has 0 N–H and O–H groups in total. The van der Waals surface area contributed by atoms with Gasteiger partial charge in [0.05, 0.1) is 0 Å². The number of benzene rings is 2. The normalized spacial score (nSPS) is 25.9. The molecule has 2 aliphatic rings. The molecule has 2 aromatic carbocycles. The van der Waals surface area contributed by atoms with E-state index in [1.165, 1.54) is 50.7 Å². The molecule has 0 heterocycles. The van der Waals surface area contributed by atoms with Crippen LogP contribution in [0.2, 0.25) is 0 Å². The number of ether oxygens (including phenoxy) is 1. The number of hydrogen-bond acceptors (Lipinski definition) is 1. The molecule has 0 spiro atoms. The molecule has 2 aromatic rings. The van der Waals surface area contributed by atoms with Crippen LogP contribution >= 0.6 is 0 Å². The molecular formula is C26H29F5O. The van der Waals surface area contributed by atoms with Crippen LogP contribution in [0.5, 0.6) is 5.75 Å². The first-order chi connectivity index (χ1) is 15.2. The molecule has 32 heavy (non-hydrogen) atoms. The molecule has 2 aliphatic carbocycles. The average molecular weight is 453 g/mol. The molecular weight excluding hydrogens is 423 g/mol. The molecule has 6 heteroatoms. The summed E-state index contributed by atoms with van der Waals surface area (Å²) >= 11 is 0. The number of halogens is 5. The summed E-state index contributed by atoms with van der Waals surface area (Å²) in [6, 6.07) is 7.99. The number of fused-ring (bicyclic) bond motifs is 1. The maximum atomic E-state index is 14.9. The van der Waals surface area contributed by atoms with Crippen molar-refractivity contribution in [3.05, 3.63) is 53.6 Å². The van der Waals surface area contributed by atoms with Crippen molar-refractivity contribution in [3.8, 4) is 16.9 Å². The maximum Gasteiger partial charge on any atom is 0.573 e. The van der Waals surface area contributed by atoms with E-state index in [0.29, 0.717) is 11.8 Å². The summed E-state index contributed by atoms with van der Waals surface area (Å²) in [6.07, 6.45) is 4.80. The summed E-state index contributed by atoms with van der Waals surface area (Å²) in [5, 5.41) is 0. The van der Waals surface area contributed by atoms with Crippen LogP contribution in [0, 0.1) is 29.4 Å². The molecule has 0 saturated heterocycles. The average Bonchev–Trinajstić information content (AvgIpc) is 2.74. The molecule has 0 aromatic heterocycles. The molecule has 174 valence electrons. The fraction of sp³-hybridized carbons (Fsp3) is 0.538. The van der Waals surface area contributed by atoms with Crippen LogP contribution in [0.15, 0.2) is 36.4 Å². The third-order valence-electron chi connectivity index (χ3n) is 7.35. The molecule has 0 bridgehead atoms. The van der Waals surface area contributed by atoms with E-state index in [0.717, 1.165) is 42.4 Å². The Bertz CT molecular complexity index is 938. The minimum atomic E-state index is -4.98. The Labute approximate surface area is 186 Å². The lowest BCUT2D eigenvalue weighted by Gasteiger charge is -2.42. The quantitative estimate of drug-likeness (QED) is 0.413. The highest BCUT2D eigenvalue weighted by Crippen LogP contribution is 2.48. The highest BCUT2D eigenvalue weighted by atomic mass is 19.4. The molecule has 1 nitrogen and oxygen atoms in total. The van der Waals surface area contributed by atoms with Crippen LogP contribution in [-0.4, -0.2) is 6.36 Å². The van der Waals surface area contributed by atoms with Crippen molar-refractivity contribution in [3.63, 3.8) is 0 Å². The zero-order valence-electron chi connectivity index (χ0n) is 18.2. The summed E-state index contributed by atoms with van der Waals surface area (Å²) in [4.78, 5) is 0. The van der Waals surface area contributed by atoms with E-state index in [4.69, 9.17) is 0 Å². The fourth-order valence-corrected chi connectivity index (χ4v) is 5.85. The van der Waals surface area contributed by atoms with Crippen molar-refractivity contribution in [2.24, 2.45) is 17.8 Å². The molecule has 0 radical (unpaired) electrons. The molecule has 2 fully saturated rings. The van der Waals surface area contributed by atoms with E-state index >= 15 is 0 Å². The van der Waals surface area contributed by atoms with Crippen LogP contribution < -0.4 is 4.74 Å². The lowest BCUT2D eigenvalue weighted by Crippen LogP contribution is -2.30. The number of hydrogen-bond donors (Lipinski definition) is 0. The molecule has 0 aliphatic heterocycles. The second-order valence-corrected chi connectivity index (χ2v) is 9.43. The summed E-state index contributed by atoms with van der Waals surface area (Å²) < 4.78 is 69.6. The molecule has 2 saturated carbocycles. The Morgan fingerprint density at radius 2 is 1.62 bits per heavy atom. The Balaban J connectivity index is 1.46. The van der Waals surface area contributed by atoms with Crippen LogP contribution in [0.25, 0.3) is 11.1 Å². The summed E-state index contributed by atoms with van der Waals surface area (Å²) in [5.74, 6) is 0.0924. The van der Waals surface area contributed by atoms with Gasteiger partial charge in [-0.05, 0) is 85.1 Å². The lowest BCUT2D eigenvalue weighted by atomic mass is 9.63. The first kappa shape index (κ1) is 23.1. The second-order valence-electron chi connectivity index (χ2n) is 9.43. The second kappa shape index (κ2) is 9.40. The predicted molar refractivity (Wildman–Crippen MR) is 114 cm³/mol. The third kappa shape index (κ3) is 5.26. The van der Waals surface area contributed by atoms with Gasteiger partial charge in [0.1, 0.15) is 5.82 Å². The maximum absolute atomic E-state index is 14.9. The van der Waals surface area contributed by atoms with Gasteiger partial charge in [0.25, 0.3) is 0 Å². The molecule has 4 atom stereocenters. The van der Waals surface area contributed by atoms with Crippen molar-refractivity contribution < 1.29 is 26.7 Å². The molecule has 0 amide bonds. The van der Waals surface area contributed by atoms with E-state index in [1.54, 1.807) is 6.07 Å². The minimum absolute atomic E-state index is 0.167.